The number of ether oxygens (including phenoxy) is 1. The first-order valence-electron chi connectivity index (χ1n) is 10.6. The van der Waals surface area contributed by atoms with Gasteiger partial charge in [-0.15, -0.1) is 0 Å². The lowest BCUT2D eigenvalue weighted by atomic mass is 9.93. The molecule has 3 aromatic rings. The third-order valence-corrected chi connectivity index (χ3v) is 6.00. The molecule has 0 bridgehead atoms. The van der Waals surface area contributed by atoms with E-state index in [1.165, 1.54) is 30.5 Å². The molecule has 11 heteroatoms. The first-order valence-corrected chi connectivity index (χ1v) is 10.6. The van der Waals surface area contributed by atoms with Crippen molar-refractivity contribution in [3.05, 3.63) is 82.9 Å². The summed E-state index contributed by atoms with van der Waals surface area (Å²) in [5.74, 6) is -2.55. The van der Waals surface area contributed by atoms with Crippen molar-refractivity contribution >= 4 is 17.6 Å². The highest BCUT2D eigenvalue weighted by molar-refractivity contribution is 6.04. The van der Waals surface area contributed by atoms with Gasteiger partial charge in [0.25, 0.3) is 6.43 Å². The minimum absolute atomic E-state index is 0.00690. The second kappa shape index (κ2) is 9.29. The van der Waals surface area contributed by atoms with E-state index in [2.05, 4.69) is 10.3 Å². The highest BCUT2D eigenvalue weighted by Gasteiger charge is 2.53. The first kappa shape index (κ1) is 25.2. The minimum atomic E-state index is -4.72. The number of carbonyl (C=O) groups is 2. The van der Waals surface area contributed by atoms with E-state index in [-0.39, 0.29) is 29.7 Å². The SMILES string of the molecule is COC(=O)c1cc(NC(=O)C2(c3ccc(C(F)(F)F)cc3F)CC2)ccc1-c1ccc(C(F)F)nc1. The standard InChI is InChI=1S/C25H18F6N2O3/c1-36-22(34)17-11-15(4-5-16(17)13-2-7-20(21(27)28)32-12-13)33-23(35)24(8-9-24)18-6-3-14(10-19(18)26)25(29,30)31/h2-7,10-12,21H,8-9H2,1H3,(H,33,35). The molecule has 1 saturated carbocycles. The fourth-order valence-corrected chi connectivity index (χ4v) is 3.92. The van der Waals surface area contributed by atoms with Crippen LogP contribution in [0, 0.1) is 5.82 Å². The van der Waals surface area contributed by atoms with E-state index in [1.54, 1.807) is 0 Å². The van der Waals surface area contributed by atoms with E-state index in [0.717, 1.165) is 25.3 Å². The Kier molecular flexibility index (Phi) is 6.50. The van der Waals surface area contributed by atoms with Crippen molar-refractivity contribution < 1.29 is 40.7 Å². The fraction of sp³-hybridized carbons (Fsp3) is 0.240. The molecule has 1 aliphatic rings. The highest BCUT2D eigenvalue weighted by atomic mass is 19.4. The molecule has 4 rings (SSSR count). The molecule has 0 aliphatic heterocycles. The van der Waals surface area contributed by atoms with Crippen molar-refractivity contribution in [2.45, 2.75) is 30.9 Å². The van der Waals surface area contributed by atoms with Gasteiger partial charge in [-0.05, 0) is 48.7 Å². The van der Waals surface area contributed by atoms with Gasteiger partial charge < -0.3 is 10.1 Å². The molecule has 0 unspecified atom stereocenters. The zero-order chi connectivity index (χ0) is 26.3. The number of methoxy groups -OCH3 is 1. The Balaban J connectivity index is 1.62. The average molecular weight is 508 g/mol. The van der Waals surface area contributed by atoms with Gasteiger partial charge in [-0.25, -0.2) is 18.0 Å². The third kappa shape index (κ3) is 4.77. The monoisotopic (exact) mass is 508 g/mol. The topological polar surface area (TPSA) is 68.3 Å². The smallest absolute Gasteiger partial charge is 0.416 e. The average Bonchev–Trinajstić information content (AvgIpc) is 3.65. The van der Waals surface area contributed by atoms with E-state index in [4.69, 9.17) is 4.74 Å². The minimum Gasteiger partial charge on any atom is -0.465 e. The van der Waals surface area contributed by atoms with E-state index in [0.29, 0.717) is 17.2 Å². The van der Waals surface area contributed by atoms with Crippen LogP contribution in [0.4, 0.5) is 32.0 Å². The van der Waals surface area contributed by atoms with Crippen LogP contribution in [0.15, 0.2) is 54.7 Å². The molecule has 0 atom stereocenters. The third-order valence-electron chi connectivity index (χ3n) is 6.00. The summed E-state index contributed by atoms with van der Waals surface area (Å²) in [6.45, 7) is 0. The Hall–Kier alpha value is -3.89. The largest absolute Gasteiger partial charge is 0.465 e. The predicted molar refractivity (Wildman–Crippen MR) is 117 cm³/mol. The molecule has 0 radical (unpaired) electrons. The summed E-state index contributed by atoms with van der Waals surface area (Å²) >= 11 is 0. The van der Waals surface area contributed by atoms with Crippen LogP contribution in [0.2, 0.25) is 0 Å². The van der Waals surface area contributed by atoms with Crippen LogP contribution in [0.3, 0.4) is 0 Å². The number of aromatic nitrogens is 1. The Morgan fingerprint density at radius 1 is 1.06 bits per heavy atom. The molecule has 188 valence electrons. The lowest BCUT2D eigenvalue weighted by molar-refractivity contribution is -0.137. The number of hydrogen-bond acceptors (Lipinski definition) is 4. The Bertz CT molecular complexity index is 1320. The summed E-state index contributed by atoms with van der Waals surface area (Å²) in [4.78, 5) is 29.1. The molecule has 1 aromatic heterocycles. The van der Waals surface area contributed by atoms with Crippen molar-refractivity contribution in [3.8, 4) is 11.1 Å². The van der Waals surface area contributed by atoms with E-state index < -0.39 is 47.0 Å². The van der Waals surface area contributed by atoms with Gasteiger partial charge in [-0.2, -0.15) is 13.2 Å². The zero-order valence-electron chi connectivity index (χ0n) is 18.6. The number of nitrogens with zero attached hydrogens (tertiary/aromatic N) is 1. The number of rotatable bonds is 6. The summed E-state index contributed by atoms with van der Waals surface area (Å²) < 4.78 is 83.6. The molecule has 1 aliphatic carbocycles. The predicted octanol–water partition coefficient (Wildman–Crippen LogP) is 6.30. The van der Waals surface area contributed by atoms with Gasteiger partial charge in [-0.3, -0.25) is 9.78 Å². The number of benzene rings is 2. The van der Waals surface area contributed by atoms with Gasteiger partial charge in [0.15, 0.2) is 0 Å². The van der Waals surface area contributed by atoms with Crippen LogP contribution < -0.4 is 5.32 Å². The number of pyridine rings is 1. The van der Waals surface area contributed by atoms with Gasteiger partial charge in [0.05, 0.1) is 23.7 Å². The Morgan fingerprint density at radius 3 is 2.31 bits per heavy atom. The lowest BCUT2D eigenvalue weighted by Crippen LogP contribution is -2.29. The molecule has 5 nitrogen and oxygen atoms in total. The van der Waals surface area contributed by atoms with Crippen molar-refractivity contribution in [2.24, 2.45) is 0 Å². The molecule has 2 aromatic carbocycles. The molecule has 1 heterocycles. The molecule has 1 fully saturated rings. The number of halogens is 6. The maximum absolute atomic E-state index is 14.6. The summed E-state index contributed by atoms with van der Waals surface area (Å²) in [6.07, 6.45) is -5.86. The van der Waals surface area contributed by atoms with Crippen molar-refractivity contribution in [1.82, 2.24) is 4.98 Å². The molecular weight excluding hydrogens is 490 g/mol. The Morgan fingerprint density at radius 2 is 1.78 bits per heavy atom. The van der Waals surface area contributed by atoms with Crippen LogP contribution in [0.1, 0.15) is 46.4 Å². The lowest BCUT2D eigenvalue weighted by Gasteiger charge is -2.18. The molecule has 36 heavy (non-hydrogen) atoms. The van der Waals surface area contributed by atoms with E-state index >= 15 is 0 Å². The molecule has 0 saturated heterocycles. The van der Waals surface area contributed by atoms with E-state index in [1.807, 2.05) is 0 Å². The summed E-state index contributed by atoms with van der Waals surface area (Å²) in [5, 5.41) is 2.59. The number of esters is 1. The van der Waals surface area contributed by atoms with Gasteiger partial charge in [0, 0.05) is 23.0 Å². The maximum Gasteiger partial charge on any atom is 0.416 e. The molecular formula is C25H18F6N2O3. The summed E-state index contributed by atoms with van der Waals surface area (Å²) in [6, 6.07) is 8.74. The summed E-state index contributed by atoms with van der Waals surface area (Å²) in [7, 11) is 1.14. The quantitative estimate of drug-likeness (QED) is 0.314. The number of carbonyl (C=O) groups excluding carboxylic acids is 2. The van der Waals surface area contributed by atoms with Crippen LogP contribution in [0.5, 0.6) is 0 Å². The zero-order valence-corrected chi connectivity index (χ0v) is 18.6. The van der Waals surface area contributed by atoms with Crippen LogP contribution >= 0.6 is 0 Å². The number of amides is 1. The van der Waals surface area contributed by atoms with Crippen molar-refractivity contribution in [1.29, 1.82) is 0 Å². The number of nitrogens with one attached hydrogen (secondary N) is 1. The number of alkyl halides is 5. The van der Waals surface area contributed by atoms with Crippen LogP contribution in [-0.2, 0) is 21.1 Å². The normalized spacial score (nSPS) is 14.4. The molecule has 0 spiro atoms. The summed E-state index contributed by atoms with van der Waals surface area (Å²) in [5.41, 5.74) is -2.27. The highest BCUT2D eigenvalue weighted by Crippen LogP contribution is 2.50. The first-order chi connectivity index (χ1) is 17.0. The van der Waals surface area contributed by atoms with Gasteiger partial charge in [-0.1, -0.05) is 18.2 Å². The van der Waals surface area contributed by atoms with Crippen molar-refractivity contribution in [2.75, 3.05) is 12.4 Å². The number of hydrogen-bond donors (Lipinski definition) is 1. The fourth-order valence-electron chi connectivity index (χ4n) is 3.92. The van der Waals surface area contributed by atoms with Crippen LogP contribution in [0.25, 0.3) is 11.1 Å². The van der Waals surface area contributed by atoms with Crippen molar-refractivity contribution in [3.63, 3.8) is 0 Å². The Labute approximate surface area is 201 Å². The van der Waals surface area contributed by atoms with Crippen LogP contribution in [-0.4, -0.2) is 24.0 Å². The molecule has 1 amide bonds. The molecule has 1 N–H and O–H groups in total. The maximum atomic E-state index is 14.6. The number of anilines is 1. The van der Waals surface area contributed by atoms with E-state index in [9.17, 15) is 35.9 Å². The van der Waals surface area contributed by atoms with Gasteiger partial charge in [0.1, 0.15) is 11.5 Å². The second-order valence-corrected chi connectivity index (χ2v) is 8.25. The second-order valence-electron chi connectivity index (χ2n) is 8.25. The van der Waals surface area contributed by atoms with Gasteiger partial charge >= 0.3 is 12.1 Å². The van der Waals surface area contributed by atoms with Gasteiger partial charge in [0.2, 0.25) is 5.91 Å².